The van der Waals surface area contributed by atoms with Crippen molar-refractivity contribution in [2.24, 2.45) is 0 Å². The predicted molar refractivity (Wildman–Crippen MR) is 187 cm³/mol. The van der Waals surface area contributed by atoms with Gasteiger partial charge in [0.15, 0.2) is 6.10 Å². The standard InChI is InChI=1S/C36H65O10P/c1-3-5-7-9-11-13-15-16-17-18-20-22-24-26-28-36(40)46-34(32-45-47(41,42)44-30-33(38)29-37)31-43-35(39)27-25-23-21-19-14-12-10-8-6-4-2/h8-11,15-16,33-34,37-38H,3-7,12-14,17-32H2,1-2H3,(H,41,42)/b10-8-,11-9-,16-15-. The first-order valence-electron chi connectivity index (χ1n) is 17.9. The van der Waals surface area contributed by atoms with E-state index in [2.05, 4.69) is 54.8 Å². The molecule has 0 rings (SSSR count). The van der Waals surface area contributed by atoms with Gasteiger partial charge in [-0.05, 0) is 57.8 Å². The maximum absolute atomic E-state index is 12.5. The van der Waals surface area contributed by atoms with Gasteiger partial charge in [-0.1, -0.05) is 108 Å². The molecule has 274 valence electrons. The number of hydrogen-bond donors (Lipinski definition) is 3. The van der Waals surface area contributed by atoms with Crippen molar-refractivity contribution >= 4 is 19.8 Å². The van der Waals surface area contributed by atoms with Crippen molar-refractivity contribution in [1.29, 1.82) is 0 Å². The van der Waals surface area contributed by atoms with Crippen LogP contribution in [0.15, 0.2) is 36.5 Å². The number of ether oxygens (including phenoxy) is 2. The molecule has 0 fully saturated rings. The van der Waals surface area contributed by atoms with Crippen molar-refractivity contribution in [1.82, 2.24) is 0 Å². The monoisotopic (exact) mass is 688 g/mol. The summed E-state index contributed by atoms with van der Waals surface area (Å²) in [6.07, 6.45) is 29.8. The first-order chi connectivity index (χ1) is 22.7. The SMILES string of the molecule is CCC/C=C\CCCCCCCC(=O)OCC(COP(=O)(O)OCC(O)CO)OC(=O)CCCCCCC/C=C\C/C=C\CCCC. The van der Waals surface area contributed by atoms with Crippen LogP contribution in [0.2, 0.25) is 0 Å². The van der Waals surface area contributed by atoms with Gasteiger partial charge in [-0.25, -0.2) is 4.57 Å². The van der Waals surface area contributed by atoms with Crippen molar-refractivity contribution in [2.75, 3.05) is 26.4 Å². The Morgan fingerprint density at radius 2 is 1.15 bits per heavy atom. The third kappa shape index (κ3) is 32.5. The normalized spacial score (nSPS) is 14.6. The molecule has 0 aliphatic heterocycles. The second-order valence-corrected chi connectivity index (χ2v) is 13.3. The van der Waals surface area contributed by atoms with Crippen LogP contribution >= 0.6 is 7.82 Å². The Labute approximate surface area is 284 Å². The van der Waals surface area contributed by atoms with Gasteiger partial charge in [0.05, 0.1) is 19.8 Å². The molecule has 3 atom stereocenters. The second kappa shape index (κ2) is 32.7. The lowest BCUT2D eigenvalue weighted by Crippen LogP contribution is -2.29. The second-order valence-electron chi connectivity index (χ2n) is 11.9. The number of allylic oxidation sites excluding steroid dienone is 6. The molecule has 0 spiro atoms. The van der Waals surface area contributed by atoms with E-state index in [1.807, 2.05) is 0 Å². The highest BCUT2D eigenvalue weighted by Gasteiger charge is 2.27. The fourth-order valence-electron chi connectivity index (χ4n) is 4.42. The largest absolute Gasteiger partial charge is 0.472 e. The first kappa shape index (κ1) is 45.2. The quantitative estimate of drug-likeness (QED) is 0.0265. The van der Waals surface area contributed by atoms with Crippen LogP contribution in [0.4, 0.5) is 0 Å². The molecule has 0 amide bonds. The van der Waals surface area contributed by atoms with Crippen LogP contribution in [0.3, 0.4) is 0 Å². The van der Waals surface area contributed by atoms with Gasteiger partial charge in [0.25, 0.3) is 0 Å². The van der Waals surface area contributed by atoms with Crippen LogP contribution in [0.1, 0.15) is 142 Å². The molecule has 0 aromatic heterocycles. The average Bonchev–Trinajstić information content (AvgIpc) is 3.05. The maximum Gasteiger partial charge on any atom is 0.472 e. The molecule has 0 bridgehead atoms. The highest BCUT2D eigenvalue weighted by molar-refractivity contribution is 7.47. The van der Waals surface area contributed by atoms with Crippen LogP contribution < -0.4 is 0 Å². The topological polar surface area (TPSA) is 149 Å². The van der Waals surface area contributed by atoms with E-state index in [0.29, 0.717) is 12.8 Å². The van der Waals surface area contributed by atoms with Gasteiger partial charge < -0.3 is 24.6 Å². The van der Waals surface area contributed by atoms with Crippen LogP contribution in [0.5, 0.6) is 0 Å². The van der Waals surface area contributed by atoms with E-state index >= 15 is 0 Å². The molecule has 0 aliphatic rings. The van der Waals surface area contributed by atoms with Gasteiger partial charge >= 0.3 is 19.8 Å². The van der Waals surface area contributed by atoms with Gasteiger partial charge in [0.2, 0.25) is 0 Å². The van der Waals surface area contributed by atoms with Crippen molar-refractivity contribution in [2.45, 2.75) is 154 Å². The number of phosphoric ester groups is 1. The zero-order valence-electron chi connectivity index (χ0n) is 29.2. The molecule has 0 aromatic carbocycles. The molecule has 10 nitrogen and oxygen atoms in total. The van der Waals surface area contributed by atoms with E-state index in [0.717, 1.165) is 89.9 Å². The lowest BCUT2D eigenvalue weighted by atomic mass is 10.1. The summed E-state index contributed by atoms with van der Waals surface area (Å²) in [6, 6.07) is 0. The van der Waals surface area contributed by atoms with Crippen LogP contribution in [0.25, 0.3) is 0 Å². The van der Waals surface area contributed by atoms with E-state index in [-0.39, 0.29) is 19.4 Å². The summed E-state index contributed by atoms with van der Waals surface area (Å²) in [5.74, 6) is -0.958. The minimum Gasteiger partial charge on any atom is -0.462 e. The Kier molecular flexibility index (Phi) is 31.5. The van der Waals surface area contributed by atoms with Gasteiger partial charge in [-0.15, -0.1) is 0 Å². The number of carbonyl (C=O) groups is 2. The molecule has 47 heavy (non-hydrogen) atoms. The van der Waals surface area contributed by atoms with Gasteiger partial charge in [0.1, 0.15) is 12.7 Å². The molecule has 0 aromatic rings. The number of carbonyl (C=O) groups excluding carboxylic acids is 2. The van der Waals surface area contributed by atoms with E-state index < -0.39 is 51.8 Å². The van der Waals surface area contributed by atoms with Crippen molar-refractivity contribution in [3.05, 3.63) is 36.5 Å². The number of aliphatic hydroxyl groups is 2. The van der Waals surface area contributed by atoms with Crippen molar-refractivity contribution < 1.29 is 47.8 Å². The van der Waals surface area contributed by atoms with Crippen molar-refractivity contribution in [3.63, 3.8) is 0 Å². The Balaban J connectivity index is 4.44. The van der Waals surface area contributed by atoms with Crippen LogP contribution in [-0.4, -0.2) is 65.7 Å². The minimum absolute atomic E-state index is 0.166. The third-order valence-corrected chi connectivity index (χ3v) is 8.20. The smallest absolute Gasteiger partial charge is 0.462 e. The van der Waals surface area contributed by atoms with Gasteiger partial charge in [-0.2, -0.15) is 0 Å². The summed E-state index contributed by atoms with van der Waals surface area (Å²) >= 11 is 0. The predicted octanol–water partition coefficient (Wildman–Crippen LogP) is 8.44. The number of esters is 2. The Hall–Kier alpha value is -1.81. The molecular formula is C36H65O10P. The highest BCUT2D eigenvalue weighted by Crippen LogP contribution is 2.43. The van der Waals surface area contributed by atoms with Crippen molar-refractivity contribution in [3.8, 4) is 0 Å². The number of phosphoric acid groups is 1. The molecule has 0 heterocycles. The van der Waals surface area contributed by atoms with Gasteiger partial charge in [0, 0.05) is 12.8 Å². The van der Waals surface area contributed by atoms with E-state index in [4.69, 9.17) is 19.1 Å². The summed E-state index contributed by atoms with van der Waals surface area (Å²) < 4.78 is 32.5. The summed E-state index contributed by atoms with van der Waals surface area (Å²) in [4.78, 5) is 34.7. The third-order valence-electron chi connectivity index (χ3n) is 7.25. The zero-order chi connectivity index (χ0) is 34.9. The highest BCUT2D eigenvalue weighted by atomic mass is 31.2. The fourth-order valence-corrected chi connectivity index (χ4v) is 5.21. The Morgan fingerprint density at radius 3 is 1.74 bits per heavy atom. The molecular weight excluding hydrogens is 623 g/mol. The summed E-state index contributed by atoms with van der Waals surface area (Å²) in [6.45, 7) is 2.21. The molecule has 11 heteroatoms. The number of unbranched alkanes of at least 4 members (excludes halogenated alkanes) is 13. The minimum atomic E-state index is -4.61. The lowest BCUT2D eigenvalue weighted by Gasteiger charge is -2.20. The number of rotatable bonds is 33. The van der Waals surface area contributed by atoms with Crippen LogP contribution in [-0.2, 0) is 32.7 Å². The molecule has 0 saturated carbocycles. The average molecular weight is 689 g/mol. The Bertz CT molecular complexity index is 889. The van der Waals surface area contributed by atoms with E-state index in [1.54, 1.807) is 0 Å². The maximum atomic E-state index is 12.5. The van der Waals surface area contributed by atoms with Crippen LogP contribution in [0, 0.1) is 0 Å². The summed E-state index contributed by atoms with van der Waals surface area (Å²) in [5, 5.41) is 18.2. The summed E-state index contributed by atoms with van der Waals surface area (Å²) in [7, 11) is -4.61. The molecule has 3 unspecified atom stereocenters. The fraction of sp³-hybridized carbons (Fsp3) is 0.778. The zero-order valence-corrected chi connectivity index (χ0v) is 30.1. The summed E-state index contributed by atoms with van der Waals surface area (Å²) in [5.41, 5.74) is 0. The molecule has 0 saturated heterocycles. The van der Waals surface area contributed by atoms with E-state index in [9.17, 15) is 24.2 Å². The first-order valence-corrected chi connectivity index (χ1v) is 19.4. The number of aliphatic hydroxyl groups excluding tert-OH is 2. The Morgan fingerprint density at radius 1 is 0.638 bits per heavy atom. The molecule has 0 aliphatic carbocycles. The number of hydrogen-bond acceptors (Lipinski definition) is 9. The molecule has 0 radical (unpaired) electrons. The lowest BCUT2D eigenvalue weighted by molar-refractivity contribution is -0.161. The molecule has 3 N–H and O–H groups in total. The van der Waals surface area contributed by atoms with E-state index in [1.165, 1.54) is 12.8 Å². The van der Waals surface area contributed by atoms with Gasteiger partial charge in [-0.3, -0.25) is 18.6 Å².